The summed E-state index contributed by atoms with van der Waals surface area (Å²) in [5.74, 6) is 1.85. The maximum atomic E-state index is 12.3. The molecule has 0 spiro atoms. The minimum Gasteiger partial charge on any atom is -0.352 e. The van der Waals surface area contributed by atoms with Crippen molar-refractivity contribution in [3.8, 4) is 0 Å². The van der Waals surface area contributed by atoms with Crippen molar-refractivity contribution in [3.63, 3.8) is 0 Å². The van der Waals surface area contributed by atoms with Gasteiger partial charge >= 0.3 is 0 Å². The third-order valence-corrected chi connectivity index (χ3v) is 4.90. The van der Waals surface area contributed by atoms with Crippen LogP contribution in [-0.2, 0) is 11.3 Å². The summed E-state index contributed by atoms with van der Waals surface area (Å²) in [6.07, 6.45) is 4.69. The SMILES string of the molecule is Cc1nccn1CC(C)CNC(=O)c1ccc(NC(=O)C2CC2C)cc1. The Morgan fingerprint density at radius 3 is 2.58 bits per heavy atom. The van der Waals surface area contributed by atoms with Crippen LogP contribution in [0.15, 0.2) is 36.7 Å². The lowest BCUT2D eigenvalue weighted by atomic mass is 10.1. The van der Waals surface area contributed by atoms with Gasteiger partial charge < -0.3 is 15.2 Å². The highest BCUT2D eigenvalue weighted by molar-refractivity contribution is 5.96. The molecule has 2 N–H and O–H groups in total. The summed E-state index contributed by atoms with van der Waals surface area (Å²) >= 11 is 0. The average Bonchev–Trinajstić information content (AvgIpc) is 3.23. The number of hydrogen-bond donors (Lipinski definition) is 2. The molecular formula is C20H26N4O2. The molecule has 0 saturated heterocycles. The van der Waals surface area contributed by atoms with Gasteiger partial charge in [-0.1, -0.05) is 13.8 Å². The second-order valence-electron chi connectivity index (χ2n) is 7.33. The molecule has 3 unspecified atom stereocenters. The molecule has 6 nitrogen and oxygen atoms in total. The van der Waals surface area contributed by atoms with Gasteiger partial charge in [-0.25, -0.2) is 4.98 Å². The molecule has 1 aliphatic carbocycles. The van der Waals surface area contributed by atoms with Crippen molar-refractivity contribution >= 4 is 17.5 Å². The van der Waals surface area contributed by atoms with Crippen molar-refractivity contribution < 1.29 is 9.59 Å². The highest BCUT2D eigenvalue weighted by Gasteiger charge is 2.39. The van der Waals surface area contributed by atoms with Gasteiger partial charge in [-0.3, -0.25) is 9.59 Å². The highest BCUT2D eigenvalue weighted by Crippen LogP contribution is 2.38. The summed E-state index contributed by atoms with van der Waals surface area (Å²) in [7, 11) is 0. The van der Waals surface area contributed by atoms with Crippen LogP contribution < -0.4 is 10.6 Å². The van der Waals surface area contributed by atoms with Crippen LogP contribution in [0.4, 0.5) is 5.69 Å². The van der Waals surface area contributed by atoms with E-state index >= 15 is 0 Å². The lowest BCUT2D eigenvalue weighted by Gasteiger charge is -2.14. The Labute approximate surface area is 154 Å². The molecule has 1 aromatic heterocycles. The number of carbonyl (C=O) groups is 2. The summed E-state index contributed by atoms with van der Waals surface area (Å²) in [4.78, 5) is 28.4. The van der Waals surface area contributed by atoms with E-state index in [0.29, 0.717) is 23.9 Å². The number of nitrogens with zero attached hydrogens (tertiary/aromatic N) is 2. The van der Waals surface area contributed by atoms with E-state index in [1.165, 1.54) is 0 Å². The van der Waals surface area contributed by atoms with Gasteiger partial charge in [0.05, 0.1) is 0 Å². The molecule has 6 heteroatoms. The van der Waals surface area contributed by atoms with Gasteiger partial charge in [-0.05, 0) is 49.4 Å². The van der Waals surface area contributed by atoms with E-state index in [9.17, 15) is 9.59 Å². The minimum absolute atomic E-state index is 0.0679. The first-order valence-electron chi connectivity index (χ1n) is 9.11. The van der Waals surface area contributed by atoms with Crippen molar-refractivity contribution in [1.82, 2.24) is 14.9 Å². The van der Waals surface area contributed by atoms with Gasteiger partial charge in [0.1, 0.15) is 5.82 Å². The Hall–Kier alpha value is -2.63. The van der Waals surface area contributed by atoms with E-state index in [1.54, 1.807) is 30.5 Å². The van der Waals surface area contributed by atoms with Crippen molar-refractivity contribution in [2.75, 3.05) is 11.9 Å². The number of rotatable bonds is 7. The first-order valence-corrected chi connectivity index (χ1v) is 9.11. The molecular weight excluding hydrogens is 328 g/mol. The van der Waals surface area contributed by atoms with Crippen molar-refractivity contribution in [3.05, 3.63) is 48.0 Å². The molecule has 1 heterocycles. The molecule has 26 heavy (non-hydrogen) atoms. The summed E-state index contributed by atoms with van der Waals surface area (Å²) in [6, 6.07) is 7.04. The highest BCUT2D eigenvalue weighted by atomic mass is 16.2. The summed E-state index contributed by atoms with van der Waals surface area (Å²) in [6.45, 7) is 7.55. The predicted octanol–water partition coefficient (Wildman–Crippen LogP) is 2.85. The second-order valence-corrected chi connectivity index (χ2v) is 7.33. The molecule has 3 rings (SSSR count). The maximum Gasteiger partial charge on any atom is 0.251 e. The molecule has 1 aromatic carbocycles. The van der Waals surface area contributed by atoms with Crippen LogP contribution in [0.2, 0.25) is 0 Å². The minimum atomic E-state index is -0.104. The number of benzene rings is 1. The lowest BCUT2D eigenvalue weighted by molar-refractivity contribution is -0.117. The van der Waals surface area contributed by atoms with E-state index in [0.717, 1.165) is 24.5 Å². The molecule has 138 valence electrons. The Balaban J connectivity index is 1.47. The normalized spacial score (nSPS) is 19.7. The second kappa shape index (κ2) is 7.72. The van der Waals surface area contributed by atoms with E-state index in [4.69, 9.17) is 0 Å². The van der Waals surface area contributed by atoms with E-state index in [1.807, 2.05) is 13.1 Å². The molecule has 1 fully saturated rings. The zero-order valence-electron chi connectivity index (χ0n) is 15.5. The molecule has 0 bridgehead atoms. The average molecular weight is 354 g/mol. The van der Waals surface area contributed by atoms with Crippen molar-refractivity contribution in [2.24, 2.45) is 17.8 Å². The number of aryl methyl sites for hydroxylation is 1. The predicted molar refractivity (Wildman–Crippen MR) is 101 cm³/mol. The van der Waals surface area contributed by atoms with Crippen LogP contribution in [-0.4, -0.2) is 27.9 Å². The van der Waals surface area contributed by atoms with Gasteiger partial charge in [-0.15, -0.1) is 0 Å². The van der Waals surface area contributed by atoms with Crippen LogP contribution in [0.25, 0.3) is 0 Å². The molecule has 2 aromatic rings. The van der Waals surface area contributed by atoms with Crippen LogP contribution in [0.5, 0.6) is 0 Å². The molecule has 0 aliphatic heterocycles. The Bertz CT molecular complexity index is 781. The van der Waals surface area contributed by atoms with Crippen LogP contribution >= 0.6 is 0 Å². The number of amides is 2. The number of carbonyl (C=O) groups excluding carboxylic acids is 2. The van der Waals surface area contributed by atoms with Crippen LogP contribution in [0.1, 0.15) is 36.5 Å². The number of anilines is 1. The van der Waals surface area contributed by atoms with E-state index in [2.05, 4.69) is 34.0 Å². The summed E-state index contributed by atoms with van der Waals surface area (Å²) < 4.78 is 2.08. The first-order chi connectivity index (χ1) is 12.4. The van der Waals surface area contributed by atoms with E-state index < -0.39 is 0 Å². The zero-order chi connectivity index (χ0) is 18.7. The third kappa shape index (κ3) is 4.50. The van der Waals surface area contributed by atoms with Crippen LogP contribution in [0, 0.1) is 24.7 Å². The van der Waals surface area contributed by atoms with Crippen molar-refractivity contribution in [1.29, 1.82) is 0 Å². The Kier molecular flexibility index (Phi) is 5.40. The molecule has 1 saturated carbocycles. The summed E-state index contributed by atoms with van der Waals surface area (Å²) in [5.41, 5.74) is 1.32. The molecule has 3 atom stereocenters. The molecule has 1 aliphatic rings. The fraction of sp³-hybridized carbons (Fsp3) is 0.450. The smallest absolute Gasteiger partial charge is 0.251 e. The number of imidazole rings is 1. The summed E-state index contributed by atoms with van der Waals surface area (Å²) in [5, 5.41) is 5.87. The van der Waals surface area contributed by atoms with Gasteiger partial charge in [0.25, 0.3) is 5.91 Å². The number of hydrogen-bond acceptors (Lipinski definition) is 3. The maximum absolute atomic E-state index is 12.3. The van der Waals surface area contributed by atoms with Crippen molar-refractivity contribution in [2.45, 2.75) is 33.7 Å². The number of aromatic nitrogens is 2. The van der Waals surface area contributed by atoms with Gasteiger partial charge in [0, 0.05) is 42.7 Å². The topological polar surface area (TPSA) is 76.0 Å². The third-order valence-electron chi connectivity index (χ3n) is 4.90. The Morgan fingerprint density at radius 2 is 2.00 bits per heavy atom. The lowest BCUT2D eigenvalue weighted by Crippen LogP contribution is -2.30. The Morgan fingerprint density at radius 1 is 1.31 bits per heavy atom. The first kappa shape index (κ1) is 18.2. The number of nitrogens with one attached hydrogen (secondary N) is 2. The fourth-order valence-electron chi connectivity index (χ4n) is 2.99. The monoisotopic (exact) mass is 354 g/mol. The van der Waals surface area contributed by atoms with Crippen LogP contribution in [0.3, 0.4) is 0 Å². The largest absolute Gasteiger partial charge is 0.352 e. The van der Waals surface area contributed by atoms with Gasteiger partial charge in [0.2, 0.25) is 5.91 Å². The standard InChI is InChI=1S/C20H26N4O2/c1-13(12-24-9-8-21-15(24)3)11-22-19(25)16-4-6-17(7-5-16)23-20(26)18-10-14(18)2/h4-9,13-14,18H,10-12H2,1-3H3,(H,22,25)(H,23,26). The zero-order valence-corrected chi connectivity index (χ0v) is 15.5. The van der Waals surface area contributed by atoms with Gasteiger partial charge in [0.15, 0.2) is 0 Å². The molecule has 0 radical (unpaired) electrons. The quantitative estimate of drug-likeness (QED) is 0.803. The van der Waals surface area contributed by atoms with E-state index in [-0.39, 0.29) is 17.7 Å². The molecule has 2 amide bonds. The van der Waals surface area contributed by atoms with Gasteiger partial charge in [-0.2, -0.15) is 0 Å². The fourth-order valence-corrected chi connectivity index (χ4v) is 2.99.